The summed E-state index contributed by atoms with van der Waals surface area (Å²) in [5.74, 6) is 1.93. The molecule has 17 heavy (non-hydrogen) atoms. The Bertz CT molecular complexity index is 545. The normalized spacial score (nSPS) is 10.6. The highest BCUT2D eigenvalue weighted by Gasteiger charge is 2.12. The van der Waals surface area contributed by atoms with E-state index in [1.54, 1.807) is 10.7 Å². The van der Waals surface area contributed by atoms with Crippen molar-refractivity contribution in [1.82, 2.24) is 19.7 Å². The molecule has 0 N–H and O–H groups in total. The third kappa shape index (κ3) is 2.46. The van der Waals surface area contributed by atoms with Crippen LogP contribution in [0, 0.1) is 20.8 Å². The maximum Gasteiger partial charge on any atom is 0.223 e. The first-order valence-electron chi connectivity index (χ1n) is 5.16. The van der Waals surface area contributed by atoms with Gasteiger partial charge in [-0.05, 0) is 36.7 Å². The highest BCUT2D eigenvalue weighted by atomic mass is 79.9. The van der Waals surface area contributed by atoms with Crippen LogP contribution in [0.2, 0.25) is 0 Å². The van der Waals surface area contributed by atoms with Crippen molar-refractivity contribution in [3.05, 3.63) is 27.9 Å². The molecule has 2 heterocycles. The van der Waals surface area contributed by atoms with Crippen LogP contribution < -0.4 is 4.74 Å². The molecule has 2 aromatic rings. The molecule has 0 aromatic carbocycles. The van der Waals surface area contributed by atoms with Crippen molar-refractivity contribution in [2.45, 2.75) is 20.8 Å². The molecule has 5 nitrogen and oxygen atoms in total. The molecule has 0 aliphatic carbocycles. The third-order valence-electron chi connectivity index (χ3n) is 2.43. The predicted octanol–water partition coefficient (Wildman–Crippen LogP) is 2.69. The molecule has 0 bridgehead atoms. The van der Waals surface area contributed by atoms with Crippen LogP contribution in [0.15, 0.2) is 10.7 Å². The number of aromatic nitrogens is 4. The van der Waals surface area contributed by atoms with Gasteiger partial charge in [-0.3, -0.25) is 4.68 Å². The topological polar surface area (TPSA) is 52.8 Å². The molecule has 0 amide bonds. The van der Waals surface area contributed by atoms with E-state index in [0.29, 0.717) is 16.3 Å². The first kappa shape index (κ1) is 12.0. The molecule has 2 rings (SSSR count). The van der Waals surface area contributed by atoms with E-state index in [1.807, 2.05) is 27.8 Å². The Morgan fingerprint density at radius 1 is 1.24 bits per heavy atom. The minimum Gasteiger partial charge on any atom is -0.435 e. The molecule has 0 saturated heterocycles. The number of hydrogen-bond donors (Lipinski definition) is 0. The zero-order valence-electron chi connectivity index (χ0n) is 10.2. The molecule has 0 aliphatic rings. The molecule has 90 valence electrons. The van der Waals surface area contributed by atoms with Crippen LogP contribution in [-0.4, -0.2) is 19.7 Å². The zero-order valence-corrected chi connectivity index (χ0v) is 11.7. The van der Waals surface area contributed by atoms with Gasteiger partial charge in [0.15, 0.2) is 5.75 Å². The number of hydrogen-bond acceptors (Lipinski definition) is 4. The number of ether oxygens (including phenoxy) is 1. The maximum absolute atomic E-state index is 5.76. The summed E-state index contributed by atoms with van der Waals surface area (Å²) in [6.45, 7) is 5.68. The molecule has 0 aliphatic heterocycles. The van der Waals surface area contributed by atoms with Crippen LogP contribution in [0.4, 0.5) is 0 Å². The van der Waals surface area contributed by atoms with Gasteiger partial charge in [0.05, 0.1) is 5.69 Å². The fraction of sp³-hybridized carbons (Fsp3) is 0.364. The van der Waals surface area contributed by atoms with E-state index >= 15 is 0 Å². The summed E-state index contributed by atoms with van der Waals surface area (Å²) in [7, 11) is 1.89. The molecule has 0 radical (unpaired) electrons. The Morgan fingerprint density at radius 3 is 2.47 bits per heavy atom. The van der Waals surface area contributed by atoms with Gasteiger partial charge in [0.1, 0.15) is 16.1 Å². The summed E-state index contributed by atoms with van der Waals surface area (Å²) in [5.41, 5.74) is 1.81. The summed E-state index contributed by atoms with van der Waals surface area (Å²) in [5, 5.41) is 4.29. The van der Waals surface area contributed by atoms with Gasteiger partial charge in [0, 0.05) is 13.1 Å². The number of halogens is 1. The molecule has 0 saturated carbocycles. The minimum atomic E-state index is 0.517. The van der Waals surface area contributed by atoms with Crippen LogP contribution in [0.3, 0.4) is 0 Å². The molecular formula is C11H13BrN4O. The number of nitrogens with zero attached hydrogens (tertiary/aromatic N) is 4. The molecule has 0 spiro atoms. The second-order valence-electron chi connectivity index (χ2n) is 3.80. The lowest BCUT2D eigenvalue weighted by Gasteiger charge is -2.05. The van der Waals surface area contributed by atoms with Crippen molar-refractivity contribution in [2.24, 2.45) is 7.05 Å². The summed E-state index contributed by atoms with van der Waals surface area (Å²) in [6.07, 6.45) is 0. The lowest BCUT2D eigenvalue weighted by Crippen LogP contribution is -1.96. The highest BCUT2D eigenvalue weighted by molar-refractivity contribution is 9.10. The molecule has 0 fully saturated rings. The third-order valence-corrected chi connectivity index (χ3v) is 2.84. The van der Waals surface area contributed by atoms with Gasteiger partial charge in [-0.25, -0.2) is 4.98 Å². The lowest BCUT2D eigenvalue weighted by molar-refractivity contribution is 0.451. The molecular weight excluding hydrogens is 284 g/mol. The Labute approximate surface area is 108 Å². The first-order valence-corrected chi connectivity index (χ1v) is 5.96. The van der Waals surface area contributed by atoms with Gasteiger partial charge in [-0.1, -0.05) is 0 Å². The van der Waals surface area contributed by atoms with E-state index in [1.165, 1.54) is 0 Å². The average molecular weight is 297 g/mol. The van der Waals surface area contributed by atoms with Crippen molar-refractivity contribution in [2.75, 3.05) is 0 Å². The first-order chi connectivity index (χ1) is 7.97. The smallest absolute Gasteiger partial charge is 0.223 e. The average Bonchev–Trinajstić information content (AvgIpc) is 2.44. The van der Waals surface area contributed by atoms with Crippen molar-refractivity contribution in [1.29, 1.82) is 0 Å². The van der Waals surface area contributed by atoms with E-state index in [0.717, 1.165) is 17.1 Å². The zero-order chi connectivity index (χ0) is 12.6. The Hall–Kier alpha value is -1.43. The summed E-state index contributed by atoms with van der Waals surface area (Å²) in [4.78, 5) is 8.35. The van der Waals surface area contributed by atoms with Crippen LogP contribution in [0.5, 0.6) is 11.6 Å². The summed E-state index contributed by atoms with van der Waals surface area (Å²) in [6, 6.07) is 1.74. The van der Waals surface area contributed by atoms with Gasteiger partial charge >= 0.3 is 0 Å². The van der Waals surface area contributed by atoms with Crippen molar-refractivity contribution in [3.8, 4) is 11.6 Å². The monoisotopic (exact) mass is 296 g/mol. The summed E-state index contributed by atoms with van der Waals surface area (Å²) >= 11 is 3.32. The fourth-order valence-electron chi connectivity index (χ4n) is 1.56. The van der Waals surface area contributed by atoms with Gasteiger partial charge in [-0.2, -0.15) is 10.1 Å². The SMILES string of the molecule is Cc1nc(Br)cc(Oc2c(C)nn(C)c2C)n1. The Balaban J connectivity index is 2.37. The van der Waals surface area contributed by atoms with E-state index in [2.05, 4.69) is 31.0 Å². The molecule has 0 unspecified atom stereocenters. The summed E-state index contributed by atoms with van der Waals surface area (Å²) < 4.78 is 8.25. The quantitative estimate of drug-likeness (QED) is 0.800. The molecule has 0 atom stereocenters. The fourth-order valence-corrected chi connectivity index (χ4v) is 2.02. The van der Waals surface area contributed by atoms with E-state index < -0.39 is 0 Å². The van der Waals surface area contributed by atoms with Gasteiger partial charge in [0.2, 0.25) is 5.88 Å². The number of rotatable bonds is 2. The minimum absolute atomic E-state index is 0.517. The Morgan fingerprint density at radius 2 is 1.94 bits per heavy atom. The Kier molecular flexibility index (Phi) is 3.15. The van der Waals surface area contributed by atoms with E-state index in [4.69, 9.17) is 4.74 Å². The second-order valence-corrected chi connectivity index (χ2v) is 4.61. The molecule has 2 aromatic heterocycles. The molecule has 6 heteroatoms. The van der Waals surface area contributed by atoms with Crippen LogP contribution in [-0.2, 0) is 7.05 Å². The largest absolute Gasteiger partial charge is 0.435 e. The predicted molar refractivity (Wildman–Crippen MR) is 67.2 cm³/mol. The lowest BCUT2D eigenvalue weighted by atomic mass is 10.3. The standard InChI is InChI=1S/C11H13BrN4O/c1-6-11(7(2)16(4)15-6)17-10-5-9(12)13-8(3)14-10/h5H,1-4H3. The van der Waals surface area contributed by atoms with Crippen LogP contribution in [0.1, 0.15) is 17.2 Å². The second kappa shape index (κ2) is 4.44. The maximum atomic E-state index is 5.76. The van der Waals surface area contributed by atoms with Crippen LogP contribution in [0.25, 0.3) is 0 Å². The van der Waals surface area contributed by atoms with Crippen LogP contribution >= 0.6 is 15.9 Å². The highest BCUT2D eigenvalue weighted by Crippen LogP contribution is 2.27. The van der Waals surface area contributed by atoms with Gasteiger partial charge in [0.25, 0.3) is 0 Å². The van der Waals surface area contributed by atoms with E-state index in [-0.39, 0.29) is 0 Å². The van der Waals surface area contributed by atoms with Gasteiger partial charge < -0.3 is 4.74 Å². The van der Waals surface area contributed by atoms with Gasteiger partial charge in [-0.15, -0.1) is 0 Å². The van der Waals surface area contributed by atoms with E-state index in [9.17, 15) is 0 Å². The van der Waals surface area contributed by atoms with Crippen molar-refractivity contribution >= 4 is 15.9 Å². The van der Waals surface area contributed by atoms with Crippen molar-refractivity contribution in [3.63, 3.8) is 0 Å². The number of aryl methyl sites for hydroxylation is 3. The van der Waals surface area contributed by atoms with Crippen molar-refractivity contribution < 1.29 is 4.74 Å².